The molecule has 1 aliphatic rings. The van der Waals surface area contributed by atoms with Gasteiger partial charge in [-0.2, -0.15) is 5.10 Å². The molecule has 146 valence electrons. The van der Waals surface area contributed by atoms with Gasteiger partial charge < -0.3 is 10.1 Å². The Bertz CT molecular complexity index is 798. The van der Waals surface area contributed by atoms with Crippen molar-refractivity contribution in [2.24, 2.45) is 7.05 Å². The van der Waals surface area contributed by atoms with Crippen LogP contribution in [0.15, 0.2) is 30.5 Å². The Labute approximate surface area is 156 Å². The lowest BCUT2D eigenvalue weighted by atomic mass is 9.94. The molecule has 9 heteroatoms. The second kappa shape index (κ2) is 8.45. The Balaban J connectivity index is 1.73. The Hall–Kier alpha value is -2.52. The second-order valence-electron chi connectivity index (χ2n) is 6.58. The summed E-state index contributed by atoms with van der Waals surface area (Å²) in [5.74, 6) is -1.37. The lowest BCUT2D eigenvalue weighted by molar-refractivity contribution is 0.159. The van der Waals surface area contributed by atoms with Crippen LogP contribution in [0, 0.1) is 11.6 Å². The van der Waals surface area contributed by atoms with Gasteiger partial charge in [0, 0.05) is 45.8 Å². The number of halogens is 2. The number of rotatable bonds is 6. The highest BCUT2D eigenvalue weighted by molar-refractivity contribution is 5.88. The van der Waals surface area contributed by atoms with Gasteiger partial charge in [-0.25, -0.2) is 13.6 Å². The molecule has 0 unspecified atom stereocenters. The zero-order chi connectivity index (χ0) is 19.4. The number of hydrogen-bond donors (Lipinski definition) is 2. The standard InChI is InChI=1S/C18H23F2N5O2/c1-24-17(5-6-21-24)23-18(26)22-16-11-25(7-8-27-2)10-13(16)12-3-4-14(19)15(20)9-12/h3-6,9,13,16H,7-8,10-11H2,1-2H3,(H2,22,23,26)/t13-,16+/m0/s1. The van der Waals surface area contributed by atoms with E-state index in [0.717, 1.165) is 6.07 Å². The summed E-state index contributed by atoms with van der Waals surface area (Å²) in [6.07, 6.45) is 1.59. The molecule has 1 saturated heterocycles. The fourth-order valence-electron chi connectivity index (χ4n) is 3.33. The van der Waals surface area contributed by atoms with Gasteiger partial charge in [0.15, 0.2) is 11.6 Å². The summed E-state index contributed by atoms with van der Waals surface area (Å²) >= 11 is 0. The maximum Gasteiger partial charge on any atom is 0.320 e. The quantitative estimate of drug-likeness (QED) is 0.805. The summed E-state index contributed by atoms with van der Waals surface area (Å²) < 4.78 is 33.7. The number of aryl methyl sites for hydroxylation is 1. The fraction of sp³-hybridized carbons (Fsp3) is 0.444. The zero-order valence-electron chi connectivity index (χ0n) is 15.3. The molecule has 1 fully saturated rings. The predicted molar refractivity (Wildman–Crippen MR) is 96.6 cm³/mol. The first-order chi connectivity index (χ1) is 13.0. The van der Waals surface area contributed by atoms with Gasteiger partial charge in [-0.3, -0.25) is 14.9 Å². The number of hydrogen-bond acceptors (Lipinski definition) is 4. The van der Waals surface area contributed by atoms with Crippen molar-refractivity contribution in [1.29, 1.82) is 0 Å². The molecule has 2 heterocycles. The van der Waals surface area contributed by atoms with Crippen LogP contribution < -0.4 is 10.6 Å². The molecular weight excluding hydrogens is 356 g/mol. The minimum atomic E-state index is -0.888. The number of benzene rings is 1. The van der Waals surface area contributed by atoms with E-state index in [1.54, 1.807) is 37.2 Å². The van der Waals surface area contributed by atoms with Crippen LogP contribution in [0.3, 0.4) is 0 Å². The van der Waals surface area contributed by atoms with Crippen LogP contribution in [0.1, 0.15) is 11.5 Å². The Morgan fingerprint density at radius 1 is 1.30 bits per heavy atom. The van der Waals surface area contributed by atoms with Gasteiger partial charge in [-0.1, -0.05) is 6.07 Å². The fourth-order valence-corrected chi connectivity index (χ4v) is 3.33. The number of urea groups is 1. The first-order valence-electron chi connectivity index (χ1n) is 8.69. The predicted octanol–water partition coefficient (Wildman–Crippen LogP) is 1.93. The van der Waals surface area contributed by atoms with Crippen molar-refractivity contribution in [3.05, 3.63) is 47.7 Å². The first-order valence-corrected chi connectivity index (χ1v) is 8.69. The molecule has 2 aromatic rings. The SMILES string of the molecule is COCCN1C[C@@H](NC(=O)Nc2ccnn2C)[C@H](c2ccc(F)c(F)c2)C1. The number of amides is 2. The van der Waals surface area contributed by atoms with Crippen molar-refractivity contribution in [3.63, 3.8) is 0 Å². The van der Waals surface area contributed by atoms with Crippen molar-refractivity contribution in [2.75, 3.05) is 38.7 Å². The maximum atomic E-state index is 13.7. The van der Waals surface area contributed by atoms with E-state index in [-0.39, 0.29) is 18.0 Å². The number of likely N-dealkylation sites (tertiary alicyclic amines) is 1. The highest BCUT2D eigenvalue weighted by atomic mass is 19.2. The number of nitrogens with one attached hydrogen (secondary N) is 2. The molecule has 1 aliphatic heterocycles. The molecule has 7 nitrogen and oxygen atoms in total. The molecule has 0 spiro atoms. The Morgan fingerprint density at radius 2 is 2.11 bits per heavy atom. The molecule has 0 aliphatic carbocycles. The van der Waals surface area contributed by atoms with Crippen molar-refractivity contribution in [3.8, 4) is 0 Å². The summed E-state index contributed by atoms with van der Waals surface area (Å²) in [5, 5.41) is 9.69. The number of carbonyl (C=O) groups excluding carboxylic acids is 1. The van der Waals surface area contributed by atoms with Crippen LogP contribution in [0.4, 0.5) is 19.4 Å². The normalized spacial score (nSPS) is 20.0. The highest BCUT2D eigenvalue weighted by Gasteiger charge is 2.35. The summed E-state index contributed by atoms with van der Waals surface area (Å²) in [5.41, 5.74) is 0.652. The molecule has 3 rings (SSSR count). The van der Waals surface area contributed by atoms with Crippen molar-refractivity contribution >= 4 is 11.8 Å². The zero-order valence-corrected chi connectivity index (χ0v) is 15.3. The minimum absolute atomic E-state index is 0.158. The number of aromatic nitrogens is 2. The van der Waals surface area contributed by atoms with Crippen molar-refractivity contribution < 1.29 is 18.3 Å². The molecule has 0 radical (unpaired) electrons. The van der Waals surface area contributed by atoms with E-state index in [4.69, 9.17) is 4.74 Å². The molecule has 0 saturated carbocycles. The Kier molecular flexibility index (Phi) is 6.02. The van der Waals surface area contributed by atoms with E-state index in [0.29, 0.717) is 37.6 Å². The molecule has 27 heavy (non-hydrogen) atoms. The third-order valence-electron chi connectivity index (χ3n) is 4.76. The summed E-state index contributed by atoms with van der Waals surface area (Å²) in [6.45, 7) is 2.45. The van der Waals surface area contributed by atoms with E-state index >= 15 is 0 Å². The molecule has 1 aromatic heterocycles. The maximum absolute atomic E-state index is 13.7. The second-order valence-corrected chi connectivity index (χ2v) is 6.58. The number of ether oxygens (including phenoxy) is 1. The summed E-state index contributed by atoms with van der Waals surface area (Å²) in [6, 6.07) is 4.95. The third-order valence-corrected chi connectivity index (χ3v) is 4.76. The van der Waals surface area contributed by atoms with Gasteiger partial charge in [0.1, 0.15) is 5.82 Å². The summed E-state index contributed by atoms with van der Waals surface area (Å²) in [4.78, 5) is 14.5. The van der Waals surface area contributed by atoms with Gasteiger partial charge >= 0.3 is 6.03 Å². The Morgan fingerprint density at radius 3 is 2.78 bits per heavy atom. The van der Waals surface area contributed by atoms with E-state index in [2.05, 4.69) is 20.6 Å². The van der Waals surface area contributed by atoms with Gasteiger partial charge in [0.25, 0.3) is 0 Å². The number of carbonyl (C=O) groups is 1. The largest absolute Gasteiger partial charge is 0.383 e. The monoisotopic (exact) mass is 379 g/mol. The van der Waals surface area contributed by atoms with Gasteiger partial charge in [-0.05, 0) is 17.7 Å². The van der Waals surface area contributed by atoms with Crippen LogP contribution in [0.25, 0.3) is 0 Å². The average Bonchev–Trinajstić information content (AvgIpc) is 3.22. The van der Waals surface area contributed by atoms with E-state index in [1.165, 1.54) is 6.07 Å². The van der Waals surface area contributed by atoms with E-state index in [1.807, 2.05) is 0 Å². The molecule has 2 N–H and O–H groups in total. The number of nitrogens with zero attached hydrogens (tertiary/aromatic N) is 3. The smallest absolute Gasteiger partial charge is 0.320 e. The van der Waals surface area contributed by atoms with Gasteiger partial charge in [0.2, 0.25) is 0 Å². The minimum Gasteiger partial charge on any atom is -0.383 e. The lowest BCUT2D eigenvalue weighted by Gasteiger charge is -2.20. The van der Waals surface area contributed by atoms with Crippen LogP contribution in [-0.2, 0) is 11.8 Å². The average molecular weight is 379 g/mol. The molecular formula is C18H23F2N5O2. The third kappa shape index (κ3) is 4.61. The van der Waals surface area contributed by atoms with Crippen LogP contribution in [-0.4, -0.2) is 60.1 Å². The number of methoxy groups -OCH3 is 1. The molecule has 2 amide bonds. The first kappa shape index (κ1) is 19.2. The highest BCUT2D eigenvalue weighted by Crippen LogP contribution is 2.28. The topological polar surface area (TPSA) is 71.4 Å². The van der Waals surface area contributed by atoms with Gasteiger partial charge in [-0.15, -0.1) is 0 Å². The van der Waals surface area contributed by atoms with Crippen molar-refractivity contribution in [1.82, 2.24) is 20.0 Å². The van der Waals surface area contributed by atoms with Gasteiger partial charge in [0.05, 0.1) is 18.8 Å². The molecule has 0 bridgehead atoms. The van der Waals surface area contributed by atoms with Crippen LogP contribution in [0.2, 0.25) is 0 Å². The summed E-state index contributed by atoms with van der Waals surface area (Å²) in [7, 11) is 3.35. The molecule has 2 atom stereocenters. The van der Waals surface area contributed by atoms with Crippen LogP contribution >= 0.6 is 0 Å². The lowest BCUT2D eigenvalue weighted by Crippen LogP contribution is -2.42. The van der Waals surface area contributed by atoms with Crippen LogP contribution in [0.5, 0.6) is 0 Å². The van der Waals surface area contributed by atoms with Crippen molar-refractivity contribution in [2.45, 2.75) is 12.0 Å². The van der Waals surface area contributed by atoms with E-state index < -0.39 is 11.6 Å². The molecule has 1 aromatic carbocycles. The van der Waals surface area contributed by atoms with E-state index in [9.17, 15) is 13.6 Å². The number of anilines is 1.